The molecule has 4 atom stereocenters. The predicted molar refractivity (Wildman–Crippen MR) is 209 cm³/mol. The molecule has 0 heterocycles. The number of aromatic hydroxyl groups is 1. The second kappa shape index (κ2) is 34.8. The molecule has 0 radical (unpaired) electrons. The van der Waals surface area contributed by atoms with Crippen LogP contribution in [-0.2, 0) is 36.5 Å². The molecule has 0 fully saturated rings. The number of phenolic OH excluding ortho intramolecular Hbond substituents is 1. The van der Waals surface area contributed by atoms with E-state index < -0.39 is 28.9 Å². The van der Waals surface area contributed by atoms with Gasteiger partial charge in [-0.2, -0.15) is 0 Å². The molecular weight excluding hydrogens is 639 g/mol. The molecular formula is C39H71N3O6S. The average Bonchev–Trinajstić information content (AvgIpc) is 3.07. The molecule has 9 nitrogen and oxygen atoms in total. The molecule has 0 saturated heterocycles. The smallest absolute Gasteiger partial charge is 0.328 e. The number of hydrogen-bond acceptors (Lipinski definition) is 7. The van der Waals surface area contributed by atoms with E-state index in [9.17, 15) is 18.9 Å². The lowest BCUT2D eigenvalue weighted by atomic mass is 9.93. The molecule has 2 aromatic carbocycles. The van der Waals surface area contributed by atoms with Crippen LogP contribution >= 0.6 is 0 Å². The first-order valence-electron chi connectivity index (χ1n) is 17.2. The van der Waals surface area contributed by atoms with Crippen LogP contribution in [0.15, 0.2) is 72.1 Å². The summed E-state index contributed by atoms with van der Waals surface area (Å²) in [4.78, 5) is 28.6. The third-order valence-corrected chi connectivity index (χ3v) is 7.66. The van der Waals surface area contributed by atoms with Gasteiger partial charge in [0.05, 0.1) is 17.9 Å². The van der Waals surface area contributed by atoms with Gasteiger partial charge in [0.15, 0.2) is 0 Å². The number of benzene rings is 2. The molecule has 0 aliphatic carbocycles. The second-order valence-corrected chi connectivity index (χ2v) is 12.7. The van der Waals surface area contributed by atoms with Crippen molar-refractivity contribution in [2.24, 2.45) is 11.8 Å². The van der Waals surface area contributed by atoms with E-state index in [1.54, 1.807) is 32.4 Å². The van der Waals surface area contributed by atoms with Gasteiger partial charge in [0, 0.05) is 33.2 Å². The molecule has 0 bridgehead atoms. The number of methoxy groups -OCH3 is 2. The average molecular weight is 710 g/mol. The number of nitrogens with one attached hydrogen (secondary N) is 1. The summed E-state index contributed by atoms with van der Waals surface area (Å²) in [5.74, 6) is -1.24. The predicted octanol–water partition coefficient (Wildman–Crippen LogP) is 7.76. The zero-order chi connectivity index (χ0) is 38.9. The van der Waals surface area contributed by atoms with Crippen molar-refractivity contribution < 1.29 is 28.4 Å². The molecule has 49 heavy (non-hydrogen) atoms. The maximum Gasteiger partial charge on any atom is 0.328 e. The minimum Gasteiger partial charge on any atom is -0.508 e. The van der Waals surface area contributed by atoms with Crippen LogP contribution in [0.25, 0.3) is 0 Å². The van der Waals surface area contributed by atoms with E-state index in [1.165, 1.54) is 19.2 Å². The molecule has 10 heteroatoms. The van der Waals surface area contributed by atoms with E-state index in [1.807, 2.05) is 116 Å². The zero-order valence-corrected chi connectivity index (χ0v) is 34.2. The van der Waals surface area contributed by atoms with E-state index in [0.717, 1.165) is 18.4 Å². The number of esters is 1. The van der Waals surface area contributed by atoms with Crippen molar-refractivity contribution in [1.82, 2.24) is 14.5 Å². The van der Waals surface area contributed by atoms with Gasteiger partial charge in [-0.3, -0.25) is 4.79 Å². The second-order valence-electron chi connectivity index (χ2n) is 11.3. The first-order valence-corrected chi connectivity index (χ1v) is 18.3. The Bertz CT molecular complexity index is 1080. The highest BCUT2D eigenvalue weighted by atomic mass is 32.2. The molecule has 2 rings (SSSR count). The number of ether oxygens (including phenoxy) is 2. The van der Waals surface area contributed by atoms with Gasteiger partial charge in [-0.05, 0) is 77.2 Å². The fourth-order valence-electron chi connectivity index (χ4n) is 3.92. The Morgan fingerprint density at radius 1 is 0.939 bits per heavy atom. The summed E-state index contributed by atoms with van der Waals surface area (Å²) in [6.45, 7) is 21.6. The van der Waals surface area contributed by atoms with Gasteiger partial charge in [0.25, 0.3) is 0 Å². The first kappa shape index (κ1) is 52.8. The molecule has 2 unspecified atom stereocenters. The number of hydrogen-bond donors (Lipinski definition) is 2. The number of phenols is 1. The Labute approximate surface area is 303 Å². The Kier molecular flexibility index (Phi) is 37.5. The van der Waals surface area contributed by atoms with Crippen LogP contribution in [0.5, 0.6) is 5.75 Å². The number of nitrogens with zero attached hydrogens (tertiary/aromatic N) is 2. The van der Waals surface area contributed by atoms with Gasteiger partial charge in [-0.1, -0.05) is 91.3 Å². The normalized spacial score (nSPS) is 12.2. The fraction of sp³-hybridized carbons (Fsp3) is 0.590. The van der Waals surface area contributed by atoms with Crippen LogP contribution in [0.3, 0.4) is 0 Å². The van der Waals surface area contributed by atoms with E-state index in [4.69, 9.17) is 4.74 Å². The number of carbonyl (C=O) groups is 2. The van der Waals surface area contributed by atoms with Gasteiger partial charge in [0.2, 0.25) is 5.91 Å². The van der Waals surface area contributed by atoms with Crippen molar-refractivity contribution in [2.45, 2.75) is 98.6 Å². The van der Waals surface area contributed by atoms with Crippen molar-refractivity contribution in [2.75, 3.05) is 49.0 Å². The van der Waals surface area contributed by atoms with Crippen LogP contribution < -0.4 is 5.32 Å². The molecule has 284 valence electrons. The van der Waals surface area contributed by atoms with E-state index >= 15 is 0 Å². The lowest BCUT2D eigenvalue weighted by Gasteiger charge is -2.33. The van der Waals surface area contributed by atoms with Crippen molar-refractivity contribution in [1.29, 1.82) is 0 Å². The Hall–Kier alpha value is -3.05. The van der Waals surface area contributed by atoms with E-state index in [0.29, 0.717) is 11.4 Å². The summed E-state index contributed by atoms with van der Waals surface area (Å²) in [7, 11) is 9.11. The van der Waals surface area contributed by atoms with Crippen LogP contribution in [0.1, 0.15) is 80.7 Å². The maximum absolute atomic E-state index is 13.5. The molecule has 0 aliphatic heterocycles. The number of rotatable bonds is 13. The summed E-state index contributed by atoms with van der Waals surface area (Å²) in [6, 6.07) is 14.9. The van der Waals surface area contributed by atoms with Crippen molar-refractivity contribution >= 4 is 22.9 Å². The third kappa shape index (κ3) is 26.5. The standard InChI is InChI=1S/C27H38N2O5S.C3H9N.C3H6.C2H6O.2C2H6/c1-6-10-20(4)29(35(33)23-11-8-7-9-12-23)18-24(19(2)3)26(31)28-25(27(32)34-5)17-21-13-15-22(30)16-14-21;1-4(2)3;2*1-3-2;2*1-2/h7-9,11-16,19-20,24-25,30H,6,10,17-18H2,1-5H3,(H,28,31);1-3H3;3H,1H2,2H3;1-2H3;2*1-2H3/t20?,24-,25-,35?;;;;;/m0...../s1. The number of amides is 1. The van der Waals surface area contributed by atoms with Crippen LogP contribution in [0, 0.1) is 11.8 Å². The molecule has 0 saturated carbocycles. The molecule has 0 aromatic heterocycles. The highest BCUT2D eigenvalue weighted by Gasteiger charge is 2.33. The van der Waals surface area contributed by atoms with Gasteiger partial charge in [-0.15, -0.1) is 6.58 Å². The van der Waals surface area contributed by atoms with Gasteiger partial charge in [0.1, 0.15) is 22.8 Å². The third-order valence-electron chi connectivity index (χ3n) is 6.05. The quantitative estimate of drug-likeness (QED) is 0.162. The molecule has 2 N–H and O–H groups in total. The topological polar surface area (TPSA) is 108 Å². The van der Waals surface area contributed by atoms with Gasteiger partial charge >= 0.3 is 5.97 Å². The van der Waals surface area contributed by atoms with Crippen molar-refractivity contribution in [3.8, 4) is 5.75 Å². The van der Waals surface area contributed by atoms with E-state index in [-0.39, 0.29) is 30.0 Å². The molecule has 0 aliphatic rings. The lowest BCUT2D eigenvalue weighted by Crippen LogP contribution is -2.50. The fourth-order valence-corrected chi connectivity index (χ4v) is 5.31. The van der Waals surface area contributed by atoms with Crippen molar-refractivity contribution in [3.63, 3.8) is 0 Å². The highest BCUT2D eigenvalue weighted by Crippen LogP contribution is 2.22. The maximum atomic E-state index is 13.5. The highest BCUT2D eigenvalue weighted by molar-refractivity contribution is 7.82. The van der Waals surface area contributed by atoms with Crippen LogP contribution in [-0.4, -0.2) is 91.5 Å². The lowest BCUT2D eigenvalue weighted by molar-refractivity contribution is -0.145. The summed E-state index contributed by atoms with van der Waals surface area (Å²) in [5, 5.41) is 12.4. The van der Waals surface area contributed by atoms with E-state index in [2.05, 4.69) is 23.6 Å². The minimum absolute atomic E-state index is 0.00323. The Balaban J connectivity index is -0.000000623. The zero-order valence-electron chi connectivity index (χ0n) is 33.4. The SMILES string of the molecule is C=CC.CC.CC.CCCC(C)N(C[C@H](C(=O)N[C@@H](Cc1ccc(O)cc1)C(=O)OC)C(C)C)S(=O)c1ccccc1.CN(C)C.COC. The monoisotopic (exact) mass is 710 g/mol. The van der Waals surface area contributed by atoms with Crippen LogP contribution in [0.2, 0.25) is 0 Å². The summed E-state index contributed by atoms with van der Waals surface area (Å²) < 4.78 is 24.6. The summed E-state index contributed by atoms with van der Waals surface area (Å²) in [6.07, 6.45) is 3.76. The Morgan fingerprint density at radius 2 is 1.39 bits per heavy atom. The summed E-state index contributed by atoms with van der Waals surface area (Å²) >= 11 is 0. The van der Waals surface area contributed by atoms with Gasteiger partial charge < -0.3 is 24.8 Å². The largest absolute Gasteiger partial charge is 0.508 e. The molecule has 1 amide bonds. The first-order chi connectivity index (χ1) is 23.2. The molecule has 2 aromatic rings. The molecule has 0 spiro atoms. The Morgan fingerprint density at radius 3 is 1.78 bits per heavy atom. The van der Waals surface area contributed by atoms with Crippen LogP contribution in [0.4, 0.5) is 0 Å². The van der Waals surface area contributed by atoms with Crippen molar-refractivity contribution in [3.05, 3.63) is 72.8 Å². The summed E-state index contributed by atoms with van der Waals surface area (Å²) in [5.41, 5.74) is 0.781. The minimum atomic E-state index is -1.43. The van der Waals surface area contributed by atoms with Gasteiger partial charge in [-0.25, -0.2) is 13.3 Å². The number of carbonyl (C=O) groups excluding carboxylic acids is 2. The number of allylic oxidation sites excluding steroid dienone is 1.